The first-order chi connectivity index (χ1) is 23.0. The van der Waals surface area contributed by atoms with Gasteiger partial charge in [-0.25, -0.2) is 0 Å². The number of ether oxygens (including phenoxy) is 1. The number of imide groups is 1. The number of allylic oxidation sites excluding steroid dienone is 2. The lowest BCUT2D eigenvalue weighted by molar-refractivity contribution is -0.122. The summed E-state index contributed by atoms with van der Waals surface area (Å²) in [7, 11) is -1.35. The van der Waals surface area contributed by atoms with Crippen LogP contribution in [-0.2, 0) is 14.2 Å². The van der Waals surface area contributed by atoms with Crippen molar-refractivity contribution in [3.8, 4) is 11.5 Å². The minimum atomic E-state index is -1.74. The minimum Gasteiger partial charge on any atom is -0.504 e. The quantitative estimate of drug-likeness (QED) is 0.110. The molecule has 4 atom stereocenters. The number of methoxy groups -OCH3 is 1. The topological polar surface area (TPSA) is 150 Å². The lowest BCUT2D eigenvalue weighted by Crippen LogP contribution is -2.46. The fraction of sp³-hybridized carbons (Fsp3) is 0.343. The third-order valence-corrected chi connectivity index (χ3v) is 10.5. The maximum Gasteiger partial charge on any atom is 0.488 e. The van der Waals surface area contributed by atoms with Gasteiger partial charge in [-0.05, 0) is 125 Å². The van der Waals surface area contributed by atoms with Crippen LogP contribution < -0.4 is 15.1 Å². The molecule has 4 N–H and O–H groups in total. The molecule has 2 amide bonds. The SMILES string of the molecule is COc1cc(/C=C(/CC[C@H]2OB(O)C[C@H]3C2=C(C(C)C)C[C@H]2C(=O)N(c4cccc(B(O)O)c4)C(=O)[C@H]23)c2ccccn2)cc(I)c1O. The van der Waals surface area contributed by atoms with E-state index in [-0.39, 0.29) is 35.3 Å². The van der Waals surface area contributed by atoms with Gasteiger partial charge in [-0.2, -0.15) is 0 Å². The van der Waals surface area contributed by atoms with Crippen LogP contribution in [0.1, 0.15) is 44.4 Å². The number of carbonyl (C=O) groups is 2. The molecule has 3 aromatic rings. The molecule has 13 heteroatoms. The molecular weight excluding hydrogens is 725 g/mol. The number of rotatable bonds is 9. The fourth-order valence-corrected chi connectivity index (χ4v) is 8.10. The van der Waals surface area contributed by atoms with Gasteiger partial charge in [0, 0.05) is 6.20 Å². The summed E-state index contributed by atoms with van der Waals surface area (Å²) < 4.78 is 12.3. The van der Waals surface area contributed by atoms with Crippen LogP contribution in [0.2, 0.25) is 6.32 Å². The number of fused-ring (bicyclic) bond motifs is 3. The van der Waals surface area contributed by atoms with Gasteiger partial charge in [0.2, 0.25) is 11.8 Å². The number of aromatic hydroxyl groups is 1. The molecule has 0 spiro atoms. The van der Waals surface area contributed by atoms with Gasteiger partial charge >= 0.3 is 14.2 Å². The number of pyridine rings is 1. The Morgan fingerprint density at radius 2 is 1.94 bits per heavy atom. The van der Waals surface area contributed by atoms with E-state index in [0.717, 1.165) is 28.0 Å². The van der Waals surface area contributed by atoms with Crippen molar-refractivity contribution in [3.05, 3.63) is 86.8 Å². The van der Waals surface area contributed by atoms with E-state index in [1.807, 2.05) is 30.3 Å². The Kier molecular flexibility index (Phi) is 10.1. The molecule has 1 aliphatic carbocycles. The number of nitrogens with zero attached hydrogens (tertiary/aromatic N) is 2. The Morgan fingerprint density at radius 1 is 1.15 bits per heavy atom. The molecule has 0 saturated carbocycles. The summed E-state index contributed by atoms with van der Waals surface area (Å²) in [5.74, 6) is -1.81. The van der Waals surface area contributed by atoms with E-state index in [0.29, 0.717) is 34.3 Å². The van der Waals surface area contributed by atoms with E-state index in [2.05, 4.69) is 41.4 Å². The molecule has 2 aromatic carbocycles. The summed E-state index contributed by atoms with van der Waals surface area (Å²) in [6.45, 7) is 4.15. The largest absolute Gasteiger partial charge is 0.504 e. The Morgan fingerprint density at radius 3 is 2.62 bits per heavy atom. The molecule has 10 nitrogen and oxygen atoms in total. The molecule has 248 valence electrons. The maximum absolute atomic E-state index is 14.1. The van der Waals surface area contributed by atoms with Crippen molar-refractivity contribution in [3.63, 3.8) is 0 Å². The molecule has 0 bridgehead atoms. The van der Waals surface area contributed by atoms with Crippen molar-refractivity contribution in [2.75, 3.05) is 12.0 Å². The summed E-state index contributed by atoms with van der Waals surface area (Å²) in [6.07, 6.45) is 4.86. The number of aromatic nitrogens is 1. The van der Waals surface area contributed by atoms with Gasteiger partial charge in [0.15, 0.2) is 11.5 Å². The standard InChI is InChI=1S/C35H37B2IN2O8/c1-19(2)24-17-25-32(35(43)40(34(25)42)23-8-6-7-22(16-23)37(45)46)26-18-36(44)48-29(31(24)26)11-10-21(28-9-4-5-12-39-28)13-20-14-27(38)33(41)30(15-20)47-3/h4-9,12-16,19,25-26,29,32,41,44-46H,10-11,17-18H2,1-3H3/b21-13-/t25-,26+,29-,32-/m1/s1. The normalized spacial score (nSPS) is 22.7. The van der Waals surface area contributed by atoms with E-state index >= 15 is 0 Å². The molecule has 2 aliphatic heterocycles. The zero-order valence-corrected chi connectivity index (χ0v) is 29.1. The summed E-state index contributed by atoms with van der Waals surface area (Å²) >= 11 is 2.07. The molecule has 3 heterocycles. The molecule has 2 fully saturated rings. The highest BCUT2D eigenvalue weighted by molar-refractivity contribution is 14.1. The van der Waals surface area contributed by atoms with Crippen LogP contribution in [0.5, 0.6) is 11.5 Å². The van der Waals surface area contributed by atoms with Gasteiger partial charge < -0.3 is 29.6 Å². The fourth-order valence-electron chi connectivity index (χ4n) is 7.48. The van der Waals surface area contributed by atoms with E-state index in [9.17, 15) is 29.8 Å². The Labute approximate surface area is 293 Å². The first-order valence-corrected chi connectivity index (χ1v) is 17.1. The van der Waals surface area contributed by atoms with Crippen molar-refractivity contribution in [2.45, 2.75) is 45.5 Å². The summed E-state index contributed by atoms with van der Waals surface area (Å²) in [5.41, 5.74) is 5.06. The predicted molar refractivity (Wildman–Crippen MR) is 192 cm³/mol. The van der Waals surface area contributed by atoms with Crippen molar-refractivity contribution >= 4 is 71.4 Å². The van der Waals surface area contributed by atoms with E-state index in [1.165, 1.54) is 24.1 Å². The summed E-state index contributed by atoms with van der Waals surface area (Å²) in [5, 5.41) is 40.9. The Bertz CT molecular complexity index is 1780. The number of hydrogen-bond donors (Lipinski definition) is 4. The zero-order valence-electron chi connectivity index (χ0n) is 26.9. The first kappa shape index (κ1) is 34.4. The van der Waals surface area contributed by atoms with Crippen molar-refractivity contribution in [1.82, 2.24) is 4.98 Å². The van der Waals surface area contributed by atoms with Gasteiger partial charge in [-0.15, -0.1) is 0 Å². The van der Waals surface area contributed by atoms with Crippen LogP contribution in [-0.4, -0.2) is 64.4 Å². The summed E-state index contributed by atoms with van der Waals surface area (Å²) in [6, 6.07) is 15.5. The van der Waals surface area contributed by atoms with Gasteiger partial charge in [-0.3, -0.25) is 19.5 Å². The molecule has 6 rings (SSSR count). The van der Waals surface area contributed by atoms with Crippen molar-refractivity contribution in [2.24, 2.45) is 23.7 Å². The highest BCUT2D eigenvalue weighted by atomic mass is 127. The zero-order chi connectivity index (χ0) is 34.3. The van der Waals surface area contributed by atoms with Crippen LogP contribution in [0.15, 0.2) is 71.9 Å². The molecule has 2 saturated heterocycles. The van der Waals surface area contributed by atoms with Crippen LogP contribution >= 0.6 is 22.6 Å². The lowest BCUT2D eigenvalue weighted by Gasteiger charge is -2.44. The maximum atomic E-state index is 14.1. The summed E-state index contributed by atoms with van der Waals surface area (Å²) in [4.78, 5) is 33.8. The minimum absolute atomic E-state index is 0.0752. The highest BCUT2D eigenvalue weighted by Gasteiger charge is 2.57. The molecule has 48 heavy (non-hydrogen) atoms. The average molecular weight is 762 g/mol. The number of amides is 2. The van der Waals surface area contributed by atoms with Crippen molar-refractivity contribution < 1.29 is 39.2 Å². The van der Waals surface area contributed by atoms with Gasteiger partial charge in [0.05, 0.1) is 40.0 Å². The average Bonchev–Trinajstić information content (AvgIpc) is 3.33. The second-order valence-electron chi connectivity index (χ2n) is 12.9. The molecule has 0 radical (unpaired) electrons. The van der Waals surface area contributed by atoms with Gasteiger partial charge in [0.25, 0.3) is 0 Å². The molecule has 1 aromatic heterocycles. The number of carbonyl (C=O) groups excluding carboxylic acids is 2. The lowest BCUT2D eigenvalue weighted by atomic mass is 9.57. The monoisotopic (exact) mass is 762 g/mol. The van der Waals surface area contributed by atoms with Crippen molar-refractivity contribution in [1.29, 1.82) is 0 Å². The van der Waals surface area contributed by atoms with Crippen LogP contribution in [0, 0.1) is 27.2 Å². The second-order valence-corrected chi connectivity index (χ2v) is 14.0. The molecule has 0 unspecified atom stereocenters. The molecular formula is C35H37B2IN2O8. The smallest absolute Gasteiger partial charge is 0.488 e. The predicted octanol–water partition coefficient (Wildman–Crippen LogP) is 4.06. The Balaban J connectivity index is 1.34. The number of halogens is 1. The van der Waals surface area contributed by atoms with Gasteiger partial charge in [-0.1, -0.05) is 37.6 Å². The Hall–Kier alpha value is -3.49. The number of hydrogen-bond acceptors (Lipinski definition) is 9. The van der Waals surface area contributed by atoms with Crippen LogP contribution in [0.25, 0.3) is 11.6 Å². The number of benzene rings is 2. The third-order valence-electron chi connectivity index (χ3n) is 9.65. The van der Waals surface area contributed by atoms with Crippen LogP contribution in [0.3, 0.4) is 0 Å². The number of anilines is 1. The van der Waals surface area contributed by atoms with Gasteiger partial charge in [0.1, 0.15) is 0 Å². The van der Waals surface area contributed by atoms with E-state index in [1.54, 1.807) is 24.4 Å². The highest BCUT2D eigenvalue weighted by Crippen LogP contribution is 2.52. The number of phenolic OH excluding ortho intramolecular Hbond substituents is 1. The molecule has 3 aliphatic rings. The van der Waals surface area contributed by atoms with E-state index < -0.39 is 38.1 Å². The number of phenols is 1. The van der Waals surface area contributed by atoms with Crippen LogP contribution in [0.4, 0.5) is 5.69 Å². The van der Waals surface area contributed by atoms with E-state index in [4.69, 9.17) is 9.39 Å². The first-order valence-electron chi connectivity index (χ1n) is 16.1. The third kappa shape index (κ3) is 6.58. The second kappa shape index (κ2) is 14.2.